The minimum atomic E-state index is -0.769. The van der Waals surface area contributed by atoms with Crippen LogP contribution in [0.1, 0.15) is 0 Å². The zero-order chi connectivity index (χ0) is 20.7. The summed E-state index contributed by atoms with van der Waals surface area (Å²) >= 11 is 0. The molecule has 0 atom stereocenters. The van der Waals surface area contributed by atoms with Crippen LogP contribution in [-0.4, -0.2) is 21.1 Å². The van der Waals surface area contributed by atoms with Gasteiger partial charge < -0.3 is 18.3 Å². The van der Waals surface area contributed by atoms with Gasteiger partial charge in [0.05, 0.1) is 44.0 Å². The van der Waals surface area contributed by atoms with Gasteiger partial charge in [-0.25, -0.2) is 19.2 Å². The molecular weight excluding hydrogens is 388 g/mol. The van der Waals surface area contributed by atoms with Crippen molar-refractivity contribution in [3.63, 3.8) is 0 Å². The van der Waals surface area contributed by atoms with Gasteiger partial charge in [0.25, 0.3) is 0 Å². The van der Waals surface area contributed by atoms with E-state index in [4.69, 9.17) is 9.15 Å². The molecule has 4 heterocycles. The maximum atomic E-state index is 12.3. The van der Waals surface area contributed by atoms with Gasteiger partial charge in [0.15, 0.2) is 0 Å². The summed E-state index contributed by atoms with van der Waals surface area (Å²) in [6, 6.07) is 10.4. The number of furan rings is 1. The van der Waals surface area contributed by atoms with Gasteiger partial charge in [0.2, 0.25) is 0 Å². The number of hydrogen-bond acceptors (Lipinski definition) is 6. The largest absolute Gasteiger partial charge is 0.386 e. The fraction of sp³-hybridized carbons (Fsp3) is 0. The molecule has 30 heavy (non-hydrogen) atoms. The van der Waals surface area contributed by atoms with E-state index < -0.39 is 23.2 Å². The lowest BCUT2D eigenvalue weighted by molar-refractivity contribution is -0.149. The number of carbonyl (C=O) groups excluding carboxylic acids is 2. The van der Waals surface area contributed by atoms with Gasteiger partial charge in [-0.15, -0.1) is 0 Å². The molecule has 1 fully saturated rings. The highest BCUT2D eigenvalue weighted by atomic mass is 16.6. The molecule has 0 unspecified atom stereocenters. The number of hydrogen-bond donors (Lipinski definition) is 0. The monoisotopic (exact) mass is 398 g/mol. The topological polar surface area (TPSA) is 101 Å². The van der Waals surface area contributed by atoms with Crippen molar-refractivity contribution < 1.29 is 18.7 Å². The number of cyclic esters (lactones) is 2. The van der Waals surface area contributed by atoms with Gasteiger partial charge in [-0.3, -0.25) is 0 Å². The van der Waals surface area contributed by atoms with Crippen molar-refractivity contribution >= 4 is 56.7 Å². The van der Waals surface area contributed by atoms with Crippen molar-refractivity contribution in [1.29, 1.82) is 0 Å². The lowest BCUT2D eigenvalue weighted by atomic mass is 10.1. The number of aromatic nitrogens is 2. The molecule has 2 aromatic heterocycles. The van der Waals surface area contributed by atoms with Crippen LogP contribution in [0.15, 0.2) is 74.2 Å². The molecule has 6 rings (SSSR count). The summed E-state index contributed by atoms with van der Waals surface area (Å²) in [6.07, 6.45) is 2.98. The van der Waals surface area contributed by atoms with Crippen LogP contribution in [0.3, 0.4) is 0 Å². The Morgan fingerprint density at radius 3 is 2.13 bits per heavy atom. The first-order valence-corrected chi connectivity index (χ1v) is 8.96. The van der Waals surface area contributed by atoms with Crippen molar-refractivity contribution in [1.82, 2.24) is 9.13 Å². The first-order chi connectivity index (χ1) is 14.4. The van der Waals surface area contributed by atoms with E-state index in [9.17, 15) is 19.2 Å². The molecule has 0 aliphatic carbocycles. The molecular formula is C22H10N2O6. The van der Waals surface area contributed by atoms with E-state index in [0.29, 0.717) is 22.2 Å². The summed E-state index contributed by atoms with van der Waals surface area (Å²) < 4.78 is 13.0. The standard InChI is InChI=1S/C22H10N2O6/c1-10-6-11-14(22(28)30-19(11)25)9-23-15-4-2-3-5-16(15)24(10)18-8-13-12(7-17(18)23)20(26)29-21(13)27/h2-9H,1H2/b11-6+,14-9+. The highest BCUT2D eigenvalue weighted by molar-refractivity contribution is 6.21. The Morgan fingerprint density at radius 2 is 1.40 bits per heavy atom. The first-order valence-electron chi connectivity index (χ1n) is 8.96. The predicted molar refractivity (Wildman–Crippen MR) is 109 cm³/mol. The molecule has 0 spiro atoms. The molecule has 2 aromatic carbocycles. The minimum absolute atomic E-state index is 0.0739. The van der Waals surface area contributed by atoms with E-state index >= 15 is 0 Å². The Hall–Kier alpha value is -4.46. The number of ether oxygens (including phenoxy) is 1. The molecule has 8 nitrogen and oxygen atoms in total. The van der Waals surface area contributed by atoms with Crippen LogP contribution in [0.2, 0.25) is 0 Å². The zero-order valence-electron chi connectivity index (χ0n) is 15.2. The Bertz CT molecular complexity index is 1710. The summed E-state index contributed by atoms with van der Waals surface area (Å²) in [7, 11) is 0. The lowest BCUT2D eigenvalue weighted by Crippen LogP contribution is -2.07. The molecule has 0 N–H and O–H groups in total. The molecule has 0 radical (unpaired) electrons. The van der Waals surface area contributed by atoms with Crippen LogP contribution < -0.4 is 11.3 Å². The second-order valence-electron chi connectivity index (χ2n) is 7.03. The van der Waals surface area contributed by atoms with Gasteiger partial charge in [-0.05, 0) is 30.3 Å². The van der Waals surface area contributed by atoms with Crippen molar-refractivity contribution in [3.8, 4) is 0 Å². The summed E-state index contributed by atoms with van der Waals surface area (Å²) in [6.45, 7) is 4.08. The molecule has 2 aliphatic heterocycles. The number of fused-ring (bicyclic) bond motifs is 5. The Kier molecular flexibility index (Phi) is 2.93. The Labute approximate surface area is 166 Å². The number of para-hydroxylation sites is 2. The van der Waals surface area contributed by atoms with Crippen LogP contribution in [0.4, 0.5) is 0 Å². The van der Waals surface area contributed by atoms with Gasteiger partial charge in [0.1, 0.15) is 0 Å². The highest BCUT2D eigenvalue weighted by Crippen LogP contribution is 2.34. The van der Waals surface area contributed by atoms with Crippen molar-refractivity contribution in [2.24, 2.45) is 0 Å². The molecule has 4 aromatic rings. The number of esters is 2. The Balaban J connectivity index is 1.95. The zero-order valence-corrected chi connectivity index (χ0v) is 15.2. The quantitative estimate of drug-likeness (QED) is 0.256. The van der Waals surface area contributed by atoms with Gasteiger partial charge >= 0.3 is 23.2 Å². The number of benzene rings is 2. The van der Waals surface area contributed by atoms with Gasteiger partial charge in [-0.1, -0.05) is 18.7 Å². The van der Waals surface area contributed by atoms with Crippen LogP contribution >= 0.6 is 0 Å². The van der Waals surface area contributed by atoms with E-state index in [0.717, 1.165) is 5.52 Å². The highest BCUT2D eigenvalue weighted by Gasteiger charge is 2.35. The van der Waals surface area contributed by atoms with E-state index in [1.54, 1.807) is 15.2 Å². The van der Waals surface area contributed by atoms with Crippen LogP contribution in [0, 0.1) is 0 Å². The van der Waals surface area contributed by atoms with Gasteiger partial charge in [-0.2, -0.15) is 0 Å². The molecule has 144 valence electrons. The number of carbonyl (C=O) groups is 2. The summed E-state index contributed by atoms with van der Waals surface area (Å²) in [4.78, 5) is 48.9. The fourth-order valence-corrected chi connectivity index (χ4v) is 4.08. The van der Waals surface area contributed by atoms with Crippen LogP contribution in [0.25, 0.3) is 44.7 Å². The maximum absolute atomic E-state index is 12.3. The average Bonchev–Trinajstić information content (AvgIpc) is 3.17. The smallest absolute Gasteiger partial charge is 0.348 e. The first kappa shape index (κ1) is 16.5. The van der Waals surface area contributed by atoms with Crippen LogP contribution in [-0.2, 0) is 14.3 Å². The molecule has 1 saturated heterocycles. The second kappa shape index (κ2) is 5.32. The molecule has 0 amide bonds. The molecule has 2 aliphatic rings. The van der Waals surface area contributed by atoms with Gasteiger partial charge in [0, 0.05) is 11.9 Å². The SMILES string of the molecule is C=C1/C=C2/C(=O)OC(=O)/C2=C/n2c3ccccc3n1c1cc3c(=O)oc(=O)c3cc12. The minimum Gasteiger partial charge on any atom is -0.386 e. The number of rotatable bonds is 0. The maximum Gasteiger partial charge on any atom is 0.348 e. The summed E-state index contributed by atoms with van der Waals surface area (Å²) in [5, 5.41) is 0.274. The third-order valence-electron chi connectivity index (χ3n) is 5.39. The molecule has 0 saturated carbocycles. The molecule has 8 heteroatoms. The fourth-order valence-electron chi connectivity index (χ4n) is 4.08. The van der Waals surface area contributed by atoms with Crippen molar-refractivity contribution in [3.05, 3.63) is 81.0 Å². The third kappa shape index (κ3) is 1.94. The lowest BCUT2D eigenvalue weighted by Gasteiger charge is -2.19. The van der Waals surface area contributed by atoms with E-state index in [1.807, 2.05) is 24.3 Å². The molecule has 2 bridgehead atoms. The van der Waals surface area contributed by atoms with Crippen molar-refractivity contribution in [2.75, 3.05) is 0 Å². The Morgan fingerprint density at radius 1 is 0.767 bits per heavy atom. The van der Waals surface area contributed by atoms with E-state index in [1.165, 1.54) is 18.3 Å². The average molecular weight is 398 g/mol. The summed E-state index contributed by atoms with van der Waals surface area (Å²) in [5.74, 6) is -1.53. The number of nitrogens with zero attached hydrogens (tertiary/aromatic N) is 2. The predicted octanol–water partition coefficient (Wildman–Crippen LogP) is 2.40. The van der Waals surface area contributed by atoms with E-state index in [2.05, 4.69) is 6.58 Å². The summed E-state index contributed by atoms with van der Waals surface area (Å²) in [5.41, 5.74) is 1.58. The third-order valence-corrected chi connectivity index (χ3v) is 5.39. The van der Waals surface area contributed by atoms with E-state index in [-0.39, 0.29) is 21.9 Å². The van der Waals surface area contributed by atoms with Crippen LogP contribution in [0.5, 0.6) is 0 Å². The van der Waals surface area contributed by atoms with Crippen molar-refractivity contribution in [2.45, 2.75) is 0 Å². The second-order valence-corrected chi connectivity index (χ2v) is 7.03. The number of allylic oxidation sites excluding steroid dienone is 2. The normalized spacial score (nSPS) is 19.3.